The monoisotopic (exact) mass is 313 g/mol. The van der Waals surface area contributed by atoms with Crippen LogP contribution in [-0.2, 0) is 5.60 Å². The Hall–Kier alpha value is -1.43. The molecule has 0 aliphatic rings. The zero-order valence-corrected chi connectivity index (χ0v) is 12.3. The third-order valence-corrected chi connectivity index (χ3v) is 4.26. The van der Waals surface area contributed by atoms with Crippen LogP contribution in [0.3, 0.4) is 0 Å². The van der Waals surface area contributed by atoms with Crippen LogP contribution >= 0.6 is 22.9 Å². The van der Waals surface area contributed by atoms with Gasteiger partial charge in [0.2, 0.25) is 0 Å². The van der Waals surface area contributed by atoms with Crippen molar-refractivity contribution in [3.8, 4) is 0 Å². The summed E-state index contributed by atoms with van der Waals surface area (Å²) >= 11 is 7.22. The molecule has 0 radical (unpaired) electrons. The van der Waals surface area contributed by atoms with Crippen molar-refractivity contribution in [1.82, 2.24) is 5.32 Å². The lowest BCUT2D eigenvalue weighted by molar-refractivity contribution is 0.0557. The van der Waals surface area contributed by atoms with Gasteiger partial charge in [-0.05, 0) is 36.6 Å². The predicted molar refractivity (Wildman–Crippen MR) is 77.6 cm³/mol. The van der Waals surface area contributed by atoms with E-state index < -0.39 is 17.3 Å². The number of carbonyl (C=O) groups excluding carboxylic acids is 1. The van der Waals surface area contributed by atoms with E-state index in [2.05, 4.69) is 5.32 Å². The van der Waals surface area contributed by atoms with Gasteiger partial charge in [-0.3, -0.25) is 4.79 Å². The molecule has 106 valence electrons. The fraction of sp³-hybridized carbons (Fsp3) is 0.214. The van der Waals surface area contributed by atoms with Crippen LogP contribution in [0.2, 0.25) is 5.02 Å². The zero-order valence-electron chi connectivity index (χ0n) is 10.7. The topological polar surface area (TPSA) is 49.3 Å². The van der Waals surface area contributed by atoms with Crippen LogP contribution in [0.5, 0.6) is 0 Å². The lowest BCUT2D eigenvalue weighted by Gasteiger charge is -2.22. The van der Waals surface area contributed by atoms with Crippen molar-refractivity contribution >= 4 is 28.8 Å². The third kappa shape index (κ3) is 3.36. The van der Waals surface area contributed by atoms with E-state index in [4.69, 9.17) is 11.6 Å². The number of hydrogen-bond acceptors (Lipinski definition) is 3. The predicted octanol–water partition coefficient (Wildman–Crippen LogP) is 3.18. The number of amides is 1. The van der Waals surface area contributed by atoms with E-state index in [1.54, 1.807) is 13.0 Å². The number of benzene rings is 1. The normalized spacial score (nSPS) is 13.8. The van der Waals surface area contributed by atoms with Gasteiger partial charge in [-0.2, -0.15) is 0 Å². The van der Waals surface area contributed by atoms with Crippen molar-refractivity contribution < 1.29 is 14.3 Å². The SMILES string of the molecule is CC(O)(CNC(=O)c1ccc(F)cc1Cl)c1cccs1. The quantitative estimate of drug-likeness (QED) is 0.911. The van der Waals surface area contributed by atoms with Crippen molar-refractivity contribution in [3.63, 3.8) is 0 Å². The van der Waals surface area contributed by atoms with E-state index in [9.17, 15) is 14.3 Å². The molecule has 3 nitrogen and oxygen atoms in total. The van der Waals surface area contributed by atoms with E-state index in [0.717, 1.165) is 17.0 Å². The Balaban J connectivity index is 2.05. The number of thiophene rings is 1. The van der Waals surface area contributed by atoms with Crippen LogP contribution in [0, 0.1) is 5.82 Å². The Kier molecular flexibility index (Phi) is 4.42. The van der Waals surface area contributed by atoms with Crippen molar-refractivity contribution in [3.05, 3.63) is 57.0 Å². The van der Waals surface area contributed by atoms with Gasteiger partial charge in [0.25, 0.3) is 5.91 Å². The highest BCUT2D eigenvalue weighted by atomic mass is 35.5. The minimum atomic E-state index is -1.16. The first-order valence-corrected chi connectivity index (χ1v) is 7.15. The Morgan fingerprint density at radius 1 is 1.50 bits per heavy atom. The molecule has 2 rings (SSSR count). The molecule has 2 aromatic rings. The molecule has 0 spiro atoms. The van der Waals surface area contributed by atoms with E-state index >= 15 is 0 Å². The first kappa shape index (κ1) is 15.0. The van der Waals surface area contributed by atoms with E-state index in [-0.39, 0.29) is 17.1 Å². The Bertz CT molecular complexity index is 614. The minimum Gasteiger partial charge on any atom is -0.383 e. The summed E-state index contributed by atoms with van der Waals surface area (Å²) < 4.78 is 12.9. The van der Waals surface area contributed by atoms with Crippen molar-refractivity contribution in [2.45, 2.75) is 12.5 Å². The molecule has 6 heteroatoms. The van der Waals surface area contributed by atoms with Crippen LogP contribution in [0.1, 0.15) is 22.2 Å². The van der Waals surface area contributed by atoms with Crippen LogP contribution in [-0.4, -0.2) is 17.6 Å². The number of aliphatic hydroxyl groups is 1. The molecule has 0 fully saturated rings. The second-order valence-corrected chi connectivity index (χ2v) is 5.91. The van der Waals surface area contributed by atoms with Crippen molar-refractivity contribution in [2.24, 2.45) is 0 Å². The van der Waals surface area contributed by atoms with Gasteiger partial charge in [0.15, 0.2) is 0 Å². The summed E-state index contributed by atoms with van der Waals surface area (Å²) in [6.45, 7) is 1.66. The maximum Gasteiger partial charge on any atom is 0.252 e. The summed E-state index contributed by atoms with van der Waals surface area (Å²) in [5, 5.41) is 14.8. The minimum absolute atomic E-state index is 0.0401. The number of halogens is 2. The maximum atomic E-state index is 12.9. The van der Waals surface area contributed by atoms with Crippen LogP contribution in [0.4, 0.5) is 4.39 Å². The lowest BCUT2D eigenvalue weighted by Crippen LogP contribution is -2.38. The summed E-state index contributed by atoms with van der Waals surface area (Å²) in [5.41, 5.74) is -0.980. The van der Waals surface area contributed by atoms with Gasteiger partial charge in [-0.25, -0.2) is 4.39 Å². The van der Waals surface area contributed by atoms with E-state index in [1.165, 1.54) is 17.4 Å². The standard InChI is InChI=1S/C14H13ClFNO2S/c1-14(19,12-3-2-6-20-12)8-17-13(18)10-5-4-9(16)7-11(10)15/h2-7,19H,8H2,1H3,(H,17,18). The molecule has 20 heavy (non-hydrogen) atoms. The molecular weight excluding hydrogens is 301 g/mol. The summed E-state index contributed by atoms with van der Waals surface area (Å²) in [6, 6.07) is 7.17. The molecule has 1 atom stereocenters. The second kappa shape index (κ2) is 5.91. The summed E-state index contributed by atoms with van der Waals surface area (Å²) in [5.74, 6) is -0.955. The molecule has 1 unspecified atom stereocenters. The van der Waals surface area contributed by atoms with Gasteiger partial charge in [0, 0.05) is 4.88 Å². The zero-order chi connectivity index (χ0) is 14.8. The van der Waals surface area contributed by atoms with Crippen molar-refractivity contribution in [1.29, 1.82) is 0 Å². The van der Waals surface area contributed by atoms with Gasteiger partial charge >= 0.3 is 0 Å². The van der Waals surface area contributed by atoms with E-state index in [1.807, 2.05) is 11.4 Å². The molecule has 1 aromatic carbocycles. The van der Waals surface area contributed by atoms with Crippen molar-refractivity contribution in [2.75, 3.05) is 6.54 Å². The molecule has 0 saturated heterocycles. The Morgan fingerprint density at radius 2 is 2.25 bits per heavy atom. The first-order chi connectivity index (χ1) is 9.40. The molecule has 2 N–H and O–H groups in total. The number of rotatable bonds is 4. The number of nitrogens with one attached hydrogen (secondary N) is 1. The smallest absolute Gasteiger partial charge is 0.252 e. The fourth-order valence-corrected chi connectivity index (χ4v) is 2.73. The molecule has 0 bridgehead atoms. The second-order valence-electron chi connectivity index (χ2n) is 4.56. The highest BCUT2D eigenvalue weighted by Crippen LogP contribution is 2.24. The number of hydrogen-bond donors (Lipinski definition) is 2. The van der Waals surface area contributed by atoms with Crippen LogP contribution in [0.25, 0.3) is 0 Å². The van der Waals surface area contributed by atoms with Crippen LogP contribution < -0.4 is 5.32 Å². The summed E-state index contributed by atoms with van der Waals surface area (Å²) in [7, 11) is 0. The highest BCUT2D eigenvalue weighted by Gasteiger charge is 2.25. The third-order valence-electron chi connectivity index (χ3n) is 2.82. The molecule has 0 saturated carbocycles. The fourth-order valence-electron chi connectivity index (χ4n) is 1.69. The summed E-state index contributed by atoms with van der Waals surface area (Å²) in [4.78, 5) is 12.7. The largest absolute Gasteiger partial charge is 0.383 e. The van der Waals surface area contributed by atoms with E-state index in [0.29, 0.717) is 0 Å². The Morgan fingerprint density at radius 3 is 2.85 bits per heavy atom. The molecule has 1 aromatic heterocycles. The first-order valence-electron chi connectivity index (χ1n) is 5.90. The maximum absolute atomic E-state index is 12.9. The average molecular weight is 314 g/mol. The molecule has 0 aliphatic carbocycles. The molecular formula is C14H13ClFNO2S. The number of carbonyl (C=O) groups is 1. The lowest BCUT2D eigenvalue weighted by atomic mass is 10.1. The molecule has 0 aliphatic heterocycles. The van der Waals surface area contributed by atoms with Gasteiger partial charge in [0.05, 0.1) is 17.1 Å². The van der Waals surface area contributed by atoms with Crippen LogP contribution in [0.15, 0.2) is 35.7 Å². The van der Waals surface area contributed by atoms with Gasteiger partial charge in [-0.1, -0.05) is 17.7 Å². The van der Waals surface area contributed by atoms with Gasteiger partial charge in [-0.15, -0.1) is 11.3 Å². The molecule has 1 amide bonds. The van der Waals surface area contributed by atoms with Gasteiger partial charge in [0.1, 0.15) is 11.4 Å². The summed E-state index contributed by atoms with van der Waals surface area (Å²) in [6.07, 6.45) is 0. The average Bonchev–Trinajstić information content (AvgIpc) is 2.90. The highest BCUT2D eigenvalue weighted by molar-refractivity contribution is 7.10. The van der Waals surface area contributed by atoms with Gasteiger partial charge < -0.3 is 10.4 Å². The Labute approximate surface area is 125 Å². The molecule has 1 heterocycles.